The molecule has 0 aromatic carbocycles. The van der Waals surface area contributed by atoms with E-state index >= 15 is 0 Å². The molecule has 0 bridgehead atoms. The van der Waals surface area contributed by atoms with Crippen molar-refractivity contribution >= 4 is 5.78 Å². The van der Waals surface area contributed by atoms with Gasteiger partial charge in [-0.05, 0) is 25.7 Å². The lowest BCUT2D eigenvalue weighted by atomic mass is 9.73. The monoisotopic (exact) mass is 164 g/mol. The molecule has 1 heteroatoms. The molecule has 0 aromatic heterocycles. The number of rotatable bonds is 0. The number of fused-ring (bicyclic) bond motifs is 1. The van der Waals surface area contributed by atoms with Crippen LogP contribution in [0.2, 0.25) is 0 Å². The minimum Gasteiger partial charge on any atom is -0.299 e. The van der Waals surface area contributed by atoms with Crippen molar-refractivity contribution in [3.05, 3.63) is 11.6 Å². The third-order valence-electron chi connectivity index (χ3n) is 3.22. The Balaban J connectivity index is 2.21. The maximum atomic E-state index is 11.7. The maximum Gasteiger partial charge on any atom is 0.143 e. The topological polar surface area (TPSA) is 17.1 Å². The predicted molar refractivity (Wildman–Crippen MR) is 48.8 cm³/mol. The Labute approximate surface area is 73.8 Å². The molecule has 0 spiro atoms. The number of ketones is 1. The Bertz CT molecular complexity index is 227. The van der Waals surface area contributed by atoms with Gasteiger partial charge in [-0.2, -0.15) is 0 Å². The van der Waals surface area contributed by atoms with Crippen molar-refractivity contribution < 1.29 is 4.79 Å². The van der Waals surface area contributed by atoms with Gasteiger partial charge in [-0.1, -0.05) is 25.0 Å². The summed E-state index contributed by atoms with van der Waals surface area (Å²) in [6.45, 7) is 2.06. The van der Waals surface area contributed by atoms with E-state index in [0.717, 1.165) is 12.8 Å². The van der Waals surface area contributed by atoms with Crippen LogP contribution in [0.5, 0.6) is 0 Å². The molecule has 0 aliphatic heterocycles. The van der Waals surface area contributed by atoms with Crippen LogP contribution in [0.1, 0.15) is 39.0 Å². The molecular formula is C11H16O. The highest BCUT2D eigenvalue weighted by Gasteiger charge is 2.31. The number of Topliss-reactive ketones (excluding diaryl/α,β-unsaturated/α-hetero) is 1. The summed E-state index contributed by atoms with van der Waals surface area (Å²) in [5.74, 6) is 1.12. The number of allylic oxidation sites excluding steroid dienone is 2. The molecule has 2 unspecified atom stereocenters. The standard InChI is InChI=1S/C11H16O/c1-8-6-7-9-4-2-3-5-10(9)11(8)12/h7-8,10H,2-6H2,1H3. The molecule has 2 atom stereocenters. The second-order valence-electron chi connectivity index (χ2n) is 4.12. The summed E-state index contributed by atoms with van der Waals surface area (Å²) in [4.78, 5) is 11.7. The Morgan fingerprint density at radius 1 is 1.42 bits per heavy atom. The first-order valence-corrected chi connectivity index (χ1v) is 5.01. The highest BCUT2D eigenvalue weighted by molar-refractivity contribution is 5.87. The fourth-order valence-corrected chi connectivity index (χ4v) is 2.39. The van der Waals surface area contributed by atoms with Gasteiger partial charge in [-0.25, -0.2) is 0 Å². The van der Waals surface area contributed by atoms with E-state index < -0.39 is 0 Å². The maximum absolute atomic E-state index is 11.7. The summed E-state index contributed by atoms with van der Waals surface area (Å²) >= 11 is 0. The van der Waals surface area contributed by atoms with Crippen LogP contribution in [0.15, 0.2) is 11.6 Å². The van der Waals surface area contributed by atoms with Gasteiger partial charge in [0.25, 0.3) is 0 Å². The summed E-state index contributed by atoms with van der Waals surface area (Å²) in [5, 5.41) is 0. The highest BCUT2D eigenvalue weighted by atomic mass is 16.1. The minimum absolute atomic E-state index is 0.289. The van der Waals surface area contributed by atoms with Crippen molar-refractivity contribution in [2.45, 2.75) is 39.0 Å². The first-order valence-electron chi connectivity index (χ1n) is 5.01. The SMILES string of the molecule is CC1CC=C2CCCCC2C1=O. The molecule has 2 aliphatic rings. The molecule has 0 heterocycles. The zero-order valence-electron chi connectivity index (χ0n) is 7.68. The summed E-state index contributed by atoms with van der Waals surface area (Å²) in [6, 6.07) is 0. The lowest BCUT2D eigenvalue weighted by Crippen LogP contribution is -2.28. The van der Waals surface area contributed by atoms with Gasteiger partial charge in [-0.3, -0.25) is 4.79 Å². The lowest BCUT2D eigenvalue weighted by molar-refractivity contribution is -0.126. The van der Waals surface area contributed by atoms with E-state index in [1.165, 1.54) is 24.8 Å². The van der Waals surface area contributed by atoms with Crippen LogP contribution in [0.25, 0.3) is 0 Å². The Hall–Kier alpha value is -0.590. The van der Waals surface area contributed by atoms with Crippen LogP contribution in [-0.2, 0) is 4.79 Å². The largest absolute Gasteiger partial charge is 0.299 e. The van der Waals surface area contributed by atoms with Gasteiger partial charge in [0.2, 0.25) is 0 Å². The zero-order valence-corrected chi connectivity index (χ0v) is 7.68. The second kappa shape index (κ2) is 3.04. The highest BCUT2D eigenvalue weighted by Crippen LogP contribution is 2.36. The number of carbonyl (C=O) groups excluding carboxylic acids is 1. The van der Waals surface area contributed by atoms with Crippen LogP contribution in [0, 0.1) is 11.8 Å². The quantitative estimate of drug-likeness (QED) is 0.503. The van der Waals surface area contributed by atoms with E-state index in [9.17, 15) is 4.79 Å². The first-order chi connectivity index (χ1) is 5.79. The van der Waals surface area contributed by atoms with Gasteiger partial charge in [0.05, 0.1) is 0 Å². The fourth-order valence-electron chi connectivity index (χ4n) is 2.39. The smallest absolute Gasteiger partial charge is 0.143 e. The van der Waals surface area contributed by atoms with Gasteiger partial charge in [-0.15, -0.1) is 0 Å². The van der Waals surface area contributed by atoms with E-state index in [0.29, 0.717) is 11.7 Å². The van der Waals surface area contributed by atoms with Gasteiger partial charge in [0.1, 0.15) is 5.78 Å². The van der Waals surface area contributed by atoms with Gasteiger partial charge in [0.15, 0.2) is 0 Å². The molecule has 0 amide bonds. The van der Waals surface area contributed by atoms with E-state index in [-0.39, 0.29) is 5.92 Å². The van der Waals surface area contributed by atoms with Gasteiger partial charge in [0, 0.05) is 11.8 Å². The van der Waals surface area contributed by atoms with Crippen molar-refractivity contribution in [1.82, 2.24) is 0 Å². The second-order valence-corrected chi connectivity index (χ2v) is 4.12. The molecule has 1 saturated carbocycles. The Kier molecular flexibility index (Phi) is 2.03. The molecule has 12 heavy (non-hydrogen) atoms. The predicted octanol–water partition coefficient (Wildman–Crippen LogP) is 2.71. The van der Waals surface area contributed by atoms with Crippen LogP contribution in [0.4, 0.5) is 0 Å². The molecule has 0 radical (unpaired) electrons. The van der Waals surface area contributed by atoms with Gasteiger partial charge >= 0.3 is 0 Å². The molecule has 66 valence electrons. The molecule has 1 fully saturated rings. The molecule has 1 nitrogen and oxygen atoms in total. The lowest BCUT2D eigenvalue weighted by Gasteiger charge is -2.30. The van der Waals surface area contributed by atoms with Crippen molar-refractivity contribution in [3.8, 4) is 0 Å². The number of hydrogen-bond donors (Lipinski definition) is 0. The third kappa shape index (κ3) is 1.21. The van der Waals surface area contributed by atoms with Crippen molar-refractivity contribution in [3.63, 3.8) is 0 Å². The van der Waals surface area contributed by atoms with E-state index in [4.69, 9.17) is 0 Å². The first kappa shape index (κ1) is 8.03. The molecule has 0 aromatic rings. The Morgan fingerprint density at radius 2 is 2.25 bits per heavy atom. The van der Waals surface area contributed by atoms with E-state index in [1.54, 1.807) is 0 Å². The van der Waals surface area contributed by atoms with Crippen LogP contribution in [0.3, 0.4) is 0 Å². The van der Waals surface area contributed by atoms with Crippen molar-refractivity contribution in [1.29, 1.82) is 0 Å². The van der Waals surface area contributed by atoms with Crippen LogP contribution in [-0.4, -0.2) is 5.78 Å². The molecule has 2 aliphatic carbocycles. The Morgan fingerprint density at radius 3 is 3.08 bits per heavy atom. The minimum atomic E-state index is 0.289. The van der Waals surface area contributed by atoms with Crippen molar-refractivity contribution in [2.75, 3.05) is 0 Å². The van der Waals surface area contributed by atoms with E-state index in [2.05, 4.69) is 13.0 Å². The average molecular weight is 164 g/mol. The van der Waals surface area contributed by atoms with E-state index in [1.807, 2.05) is 0 Å². The average Bonchev–Trinajstić information content (AvgIpc) is 2.12. The third-order valence-corrected chi connectivity index (χ3v) is 3.22. The number of hydrogen-bond acceptors (Lipinski definition) is 1. The van der Waals surface area contributed by atoms with Crippen LogP contribution < -0.4 is 0 Å². The normalized spacial score (nSPS) is 35.8. The molecule has 0 N–H and O–H groups in total. The molecule has 2 rings (SSSR count). The summed E-state index contributed by atoms with van der Waals surface area (Å²) in [7, 11) is 0. The number of carbonyl (C=O) groups is 1. The molecule has 0 saturated heterocycles. The summed E-state index contributed by atoms with van der Waals surface area (Å²) in [5.41, 5.74) is 1.45. The zero-order chi connectivity index (χ0) is 8.55. The fraction of sp³-hybridized carbons (Fsp3) is 0.727. The van der Waals surface area contributed by atoms with Crippen molar-refractivity contribution in [2.24, 2.45) is 11.8 Å². The summed E-state index contributed by atoms with van der Waals surface area (Å²) < 4.78 is 0. The summed E-state index contributed by atoms with van der Waals surface area (Å²) in [6.07, 6.45) is 8.16. The van der Waals surface area contributed by atoms with Gasteiger partial charge < -0.3 is 0 Å². The molecular weight excluding hydrogens is 148 g/mol. The van der Waals surface area contributed by atoms with Crippen LogP contribution >= 0.6 is 0 Å².